The van der Waals surface area contributed by atoms with Crippen molar-refractivity contribution < 1.29 is 13.5 Å². The molecular weight excluding hydrogens is 478 g/mol. The Morgan fingerprint density at radius 3 is 2.88 bits per heavy atom. The Balaban J connectivity index is 1.42. The van der Waals surface area contributed by atoms with Crippen LogP contribution in [0.2, 0.25) is 10.0 Å². The lowest BCUT2D eigenvalue weighted by Gasteiger charge is -2.19. The first-order chi connectivity index (χ1) is 16.5. The maximum atomic E-state index is 15.3. The number of nitriles is 1. The lowest BCUT2D eigenvalue weighted by atomic mass is 9.99. The number of aromatic nitrogens is 2. The molecule has 170 valence electrons. The number of nitrogens with one attached hydrogen (secondary N) is 1. The Kier molecular flexibility index (Phi) is 6.10. The first-order valence-electron chi connectivity index (χ1n) is 10.6. The largest absolute Gasteiger partial charge is 0.453 e. The minimum absolute atomic E-state index is 0.0494. The molecule has 0 radical (unpaired) electrons. The molecule has 1 aromatic heterocycles. The molecular formula is C25H17Cl2FN4O2. The number of nitrogens with zero attached hydrogens (tertiary/aromatic N) is 3. The van der Waals surface area contributed by atoms with Crippen LogP contribution >= 0.6 is 23.2 Å². The maximum Gasteiger partial charge on any atom is 0.249 e. The Morgan fingerprint density at radius 1 is 1.15 bits per heavy atom. The van der Waals surface area contributed by atoms with Gasteiger partial charge in [0.15, 0.2) is 11.6 Å². The number of ether oxygens (including phenoxy) is 1. The van der Waals surface area contributed by atoms with Gasteiger partial charge in [-0.3, -0.25) is 0 Å². The molecule has 2 heterocycles. The molecule has 34 heavy (non-hydrogen) atoms. The van der Waals surface area contributed by atoms with Crippen molar-refractivity contribution in [1.82, 2.24) is 10.2 Å². The van der Waals surface area contributed by atoms with E-state index >= 15 is 4.39 Å². The number of rotatable bonds is 5. The van der Waals surface area contributed by atoms with Gasteiger partial charge < -0.3 is 14.5 Å². The van der Waals surface area contributed by atoms with Crippen LogP contribution in [0.25, 0.3) is 11.5 Å². The summed E-state index contributed by atoms with van der Waals surface area (Å²) < 4.78 is 26.9. The van der Waals surface area contributed by atoms with Crippen molar-refractivity contribution in [2.24, 2.45) is 0 Å². The van der Waals surface area contributed by atoms with Crippen LogP contribution in [0.1, 0.15) is 29.0 Å². The summed E-state index contributed by atoms with van der Waals surface area (Å²) in [5, 5.41) is 21.2. The van der Waals surface area contributed by atoms with Crippen LogP contribution in [0.15, 0.2) is 52.9 Å². The molecule has 0 spiro atoms. The summed E-state index contributed by atoms with van der Waals surface area (Å²) >= 11 is 12.2. The normalized spacial score (nSPS) is 12.5. The molecule has 0 saturated carbocycles. The minimum Gasteiger partial charge on any atom is -0.453 e. The lowest BCUT2D eigenvalue weighted by molar-refractivity contribution is 0.437. The van der Waals surface area contributed by atoms with Crippen molar-refractivity contribution >= 4 is 28.9 Å². The van der Waals surface area contributed by atoms with E-state index < -0.39 is 5.82 Å². The average Bonchev–Trinajstić information content (AvgIpc) is 3.31. The fourth-order valence-corrected chi connectivity index (χ4v) is 4.30. The third-order valence-corrected chi connectivity index (χ3v) is 5.98. The second-order valence-electron chi connectivity index (χ2n) is 7.79. The molecule has 1 N–H and O–H groups in total. The molecule has 0 unspecified atom stereocenters. The molecule has 4 aromatic rings. The molecule has 1 aliphatic rings. The van der Waals surface area contributed by atoms with Crippen LogP contribution in [0.4, 0.5) is 10.1 Å². The fraction of sp³-hybridized carbons (Fsp3) is 0.160. The van der Waals surface area contributed by atoms with Gasteiger partial charge in [0.2, 0.25) is 11.8 Å². The van der Waals surface area contributed by atoms with E-state index in [-0.39, 0.29) is 45.0 Å². The SMILES string of the molecule is N#Cc1cc(Cl)cc(Oc2c(Cl)ccc(Cc3nnc(-c4cccc5c4NCCC5)o3)c2F)c1. The fourth-order valence-electron chi connectivity index (χ4n) is 3.89. The quantitative estimate of drug-likeness (QED) is 0.328. The second kappa shape index (κ2) is 9.34. The number of aryl methyl sites for hydroxylation is 1. The van der Waals surface area contributed by atoms with Crippen LogP contribution in [0.3, 0.4) is 0 Å². The van der Waals surface area contributed by atoms with Gasteiger partial charge in [0, 0.05) is 17.1 Å². The highest BCUT2D eigenvalue weighted by Crippen LogP contribution is 2.37. The molecule has 0 atom stereocenters. The summed E-state index contributed by atoms with van der Waals surface area (Å²) in [6.45, 7) is 0.881. The first kappa shape index (κ1) is 22.2. The van der Waals surface area contributed by atoms with Crippen LogP contribution in [0.5, 0.6) is 11.5 Å². The summed E-state index contributed by atoms with van der Waals surface area (Å²) in [6.07, 6.45) is 2.10. The second-order valence-corrected chi connectivity index (χ2v) is 8.63. The van der Waals surface area contributed by atoms with Gasteiger partial charge in [-0.2, -0.15) is 5.26 Å². The van der Waals surface area contributed by atoms with Gasteiger partial charge >= 0.3 is 0 Å². The van der Waals surface area contributed by atoms with E-state index in [9.17, 15) is 0 Å². The molecule has 0 amide bonds. The number of para-hydroxylation sites is 1. The van der Waals surface area contributed by atoms with Crippen molar-refractivity contribution in [2.45, 2.75) is 19.3 Å². The predicted molar refractivity (Wildman–Crippen MR) is 127 cm³/mol. The zero-order valence-electron chi connectivity index (χ0n) is 17.7. The van der Waals surface area contributed by atoms with E-state index in [0.717, 1.165) is 30.6 Å². The third kappa shape index (κ3) is 4.43. The zero-order valence-corrected chi connectivity index (χ0v) is 19.3. The Morgan fingerprint density at radius 2 is 2.03 bits per heavy atom. The number of fused-ring (bicyclic) bond motifs is 1. The summed E-state index contributed by atoms with van der Waals surface area (Å²) in [6, 6.07) is 15.4. The average molecular weight is 495 g/mol. The molecule has 0 fully saturated rings. The summed E-state index contributed by atoms with van der Waals surface area (Å²) in [4.78, 5) is 0. The number of benzene rings is 3. The molecule has 3 aromatic carbocycles. The lowest BCUT2D eigenvalue weighted by Crippen LogP contribution is -2.12. The Hall–Kier alpha value is -3.60. The third-order valence-electron chi connectivity index (χ3n) is 5.46. The molecule has 9 heteroatoms. The smallest absolute Gasteiger partial charge is 0.249 e. The van der Waals surface area contributed by atoms with Gasteiger partial charge in [-0.1, -0.05) is 41.4 Å². The van der Waals surface area contributed by atoms with Crippen molar-refractivity contribution in [3.63, 3.8) is 0 Å². The van der Waals surface area contributed by atoms with Crippen molar-refractivity contribution in [1.29, 1.82) is 5.26 Å². The molecule has 0 bridgehead atoms. The predicted octanol–water partition coefficient (Wildman–Crippen LogP) is 6.80. The van der Waals surface area contributed by atoms with Gasteiger partial charge in [0.05, 0.1) is 34.3 Å². The molecule has 6 nitrogen and oxygen atoms in total. The van der Waals surface area contributed by atoms with Gasteiger partial charge in [0.25, 0.3) is 0 Å². The molecule has 5 rings (SSSR count). The first-order valence-corrected chi connectivity index (χ1v) is 11.3. The van der Waals surface area contributed by atoms with E-state index in [1.165, 1.54) is 29.8 Å². The number of anilines is 1. The van der Waals surface area contributed by atoms with E-state index in [2.05, 4.69) is 21.6 Å². The van der Waals surface area contributed by atoms with E-state index in [1.807, 2.05) is 18.2 Å². The summed E-state index contributed by atoms with van der Waals surface area (Å²) in [7, 11) is 0. The van der Waals surface area contributed by atoms with Gasteiger partial charge in [-0.25, -0.2) is 4.39 Å². The van der Waals surface area contributed by atoms with Crippen LogP contribution in [-0.4, -0.2) is 16.7 Å². The standard InChI is InChI=1S/C25H17Cl2FN4O2/c26-17-9-14(13-29)10-18(12-17)33-24-20(27)7-6-16(22(24)28)11-21-31-32-25(34-21)19-5-1-3-15-4-2-8-30-23(15)19/h1,3,5-7,9-10,12,30H,2,4,8,11H2. The summed E-state index contributed by atoms with van der Waals surface area (Å²) in [5.74, 6) is -0.0144. The molecule has 0 saturated heterocycles. The van der Waals surface area contributed by atoms with E-state index in [1.54, 1.807) is 6.07 Å². The van der Waals surface area contributed by atoms with Crippen LogP contribution in [0, 0.1) is 17.1 Å². The highest BCUT2D eigenvalue weighted by Gasteiger charge is 2.20. The van der Waals surface area contributed by atoms with Crippen molar-refractivity contribution in [3.05, 3.63) is 87.0 Å². The van der Waals surface area contributed by atoms with Gasteiger partial charge in [-0.05, 0) is 48.7 Å². The number of hydrogen-bond donors (Lipinski definition) is 1. The van der Waals surface area contributed by atoms with Crippen molar-refractivity contribution in [3.8, 4) is 29.0 Å². The van der Waals surface area contributed by atoms with Gasteiger partial charge in [0.1, 0.15) is 5.75 Å². The van der Waals surface area contributed by atoms with Crippen LogP contribution in [-0.2, 0) is 12.8 Å². The van der Waals surface area contributed by atoms with E-state index in [0.29, 0.717) is 5.89 Å². The van der Waals surface area contributed by atoms with E-state index in [4.69, 9.17) is 37.6 Å². The highest BCUT2D eigenvalue weighted by molar-refractivity contribution is 6.32. The zero-order chi connectivity index (χ0) is 23.7. The topological polar surface area (TPSA) is 84.0 Å². The molecule has 0 aliphatic carbocycles. The highest BCUT2D eigenvalue weighted by atomic mass is 35.5. The maximum absolute atomic E-state index is 15.3. The minimum atomic E-state index is -0.663. The van der Waals surface area contributed by atoms with Crippen LogP contribution < -0.4 is 10.1 Å². The van der Waals surface area contributed by atoms with Gasteiger partial charge in [-0.15, -0.1) is 10.2 Å². The Labute approximate surface area is 204 Å². The Bertz CT molecular complexity index is 1430. The monoisotopic (exact) mass is 494 g/mol. The summed E-state index contributed by atoms with van der Waals surface area (Å²) in [5.41, 5.74) is 3.58. The molecule has 1 aliphatic heterocycles. The number of halogens is 3. The number of hydrogen-bond acceptors (Lipinski definition) is 6. The van der Waals surface area contributed by atoms with Crippen molar-refractivity contribution in [2.75, 3.05) is 11.9 Å².